The average Bonchev–Trinajstić information content (AvgIpc) is 3.03. The maximum Gasteiger partial charge on any atom is 0.325 e. The lowest BCUT2D eigenvalue weighted by Gasteiger charge is -2.23. The molecule has 0 saturated carbocycles. The largest absolute Gasteiger partial charge is 0.325 e. The number of rotatable bonds is 3. The van der Waals surface area contributed by atoms with Crippen LogP contribution in [0.3, 0.4) is 0 Å². The molecule has 2 aromatic rings. The van der Waals surface area contributed by atoms with Crippen molar-refractivity contribution in [2.24, 2.45) is 0 Å². The fourth-order valence-corrected chi connectivity index (χ4v) is 6.13. The second kappa shape index (κ2) is 6.69. The Morgan fingerprint density at radius 1 is 1.04 bits per heavy atom. The zero-order chi connectivity index (χ0) is 19.3. The highest BCUT2D eigenvalue weighted by atomic mass is 35.5. The van der Waals surface area contributed by atoms with E-state index in [1.165, 1.54) is 0 Å². The molecular formula is C19H18Cl2N2O3S. The van der Waals surface area contributed by atoms with E-state index in [1.54, 1.807) is 28.0 Å². The van der Waals surface area contributed by atoms with Gasteiger partial charge in [0.15, 0.2) is 9.84 Å². The van der Waals surface area contributed by atoms with Crippen molar-refractivity contribution in [3.63, 3.8) is 0 Å². The van der Waals surface area contributed by atoms with Gasteiger partial charge >= 0.3 is 6.03 Å². The number of anilines is 1. The van der Waals surface area contributed by atoms with Crippen LogP contribution >= 0.6 is 23.2 Å². The standard InChI is InChI=1S/C19H18Cl2N2O3S/c1-12-6-7-14(8-16(12)21)23-18-11-27(25,26)10-17(18)22(19(23)24)9-13-4-2-3-5-15(13)20/h2-8,17-18H,9-11H2,1H3/t17-,18-/m0/s1. The van der Waals surface area contributed by atoms with Gasteiger partial charge in [-0.05, 0) is 36.2 Å². The molecule has 2 atom stereocenters. The summed E-state index contributed by atoms with van der Waals surface area (Å²) in [5, 5.41) is 1.10. The minimum atomic E-state index is -3.22. The Hall–Kier alpha value is -1.76. The van der Waals surface area contributed by atoms with E-state index in [-0.39, 0.29) is 24.1 Å². The minimum Gasteiger partial charge on any atom is -0.314 e. The molecule has 0 bridgehead atoms. The smallest absolute Gasteiger partial charge is 0.314 e. The highest BCUT2D eigenvalue weighted by Gasteiger charge is 2.53. The number of carbonyl (C=O) groups is 1. The van der Waals surface area contributed by atoms with Gasteiger partial charge in [0.2, 0.25) is 0 Å². The van der Waals surface area contributed by atoms with Crippen LogP contribution in [0, 0.1) is 6.92 Å². The van der Waals surface area contributed by atoms with Crippen LogP contribution in [0.15, 0.2) is 42.5 Å². The number of carbonyl (C=O) groups excluding carboxylic acids is 1. The molecule has 2 amide bonds. The predicted molar refractivity (Wildman–Crippen MR) is 107 cm³/mol. The summed E-state index contributed by atoms with van der Waals surface area (Å²) >= 11 is 12.5. The summed E-state index contributed by atoms with van der Waals surface area (Å²) < 4.78 is 24.6. The van der Waals surface area contributed by atoms with Gasteiger partial charge in [0.25, 0.3) is 0 Å². The normalized spacial score (nSPS) is 23.7. The van der Waals surface area contributed by atoms with E-state index < -0.39 is 21.9 Å². The Bertz CT molecular complexity index is 1030. The summed E-state index contributed by atoms with van der Waals surface area (Å²) in [6.07, 6.45) is 0. The number of hydrogen-bond donors (Lipinski definition) is 0. The van der Waals surface area contributed by atoms with Crippen LogP contribution < -0.4 is 4.90 Å². The van der Waals surface area contributed by atoms with Crippen molar-refractivity contribution >= 4 is 44.8 Å². The molecule has 2 aromatic carbocycles. The summed E-state index contributed by atoms with van der Waals surface area (Å²) in [6.45, 7) is 2.15. The molecule has 0 spiro atoms. The first-order valence-electron chi connectivity index (χ1n) is 8.56. The molecular weight excluding hydrogens is 407 g/mol. The van der Waals surface area contributed by atoms with Gasteiger partial charge in [-0.1, -0.05) is 47.5 Å². The van der Waals surface area contributed by atoms with Gasteiger partial charge in [-0.3, -0.25) is 4.90 Å². The van der Waals surface area contributed by atoms with Gasteiger partial charge in [0, 0.05) is 22.3 Å². The summed E-state index contributed by atoms with van der Waals surface area (Å²) in [7, 11) is -3.22. The van der Waals surface area contributed by atoms with Crippen LogP contribution in [0.4, 0.5) is 10.5 Å². The van der Waals surface area contributed by atoms with Crippen LogP contribution in [0.5, 0.6) is 0 Å². The van der Waals surface area contributed by atoms with Crippen molar-refractivity contribution in [1.29, 1.82) is 0 Å². The summed E-state index contributed by atoms with van der Waals surface area (Å²) in [5.41, 5.74) is 2.30. The first-order valence-corrected chi connectivity index (χ1v) is 11.1. The molecule has 27 heavy (non-hydrogen) atoms. The number of halogens is 2. The van der Waals surface area contributed by atoms with E-state index in [9.17, 15) is 13.2 Å². The number of amides is 2. The second-order valence-electron chi connectivity index (χ2n) is 7.02. The monoisotopic (exact) mass is 424 g/mol. The Kier molecular flexibility index (Phi) is 4.61. The molecule has 0 N–H and O–H groups in total. The van der Waals surface area contributed by atoms with Gasteiger partial charge in [-0.2, -0.15) is 0 Å². The number of hydrogen-bond acceptors (Lipinski definition) is 3. The van der Waals surface area contributed by atoms with Crippen LogP contribution in [0.2, 0.25) is 10.0 Å². The third-order valence-electron chi connectivity index (χ3n) is 5.21. The summed E-state index contributed by atoms with van der Waals surface area (Å²) in [6, 6.07) is 11.6. The van der Waals surface area contributed by atoms with E-state index in [2.05, 4.69) is 0 Å². The van der Waals surface area contributed by atoms with Crippen molar-refractivity contribution in [3.8, 4) is 0 Å². The number of nitrogens with zero attached hydrogens (tertiary/aromatic N) is 2. The molecule has 2 aliphatic rings. The van der Waals surface area contributed by atoms with Crippen LogP contribution in [-0.2, 0) is 16.4 Å². The lowest BCUT2D eigenvalue weighted by Crippen LogP contribution is -2.37. The summed E-state index contributed by atoms with van der Waals surface area (Å²) in [4.78, 5) is 16.4. The highest BCUT2D eigenvalue weighted by molar-refractivity contribution is 7.91. The summed E-state index contributed by atoms with van der Waals surface area (Å²) in [5.74, 6) is -0.0854. The third kappa shape index (κ3) is 3.30. The molecule has 2 heterocycles. The van der Waals surface area contributed by atoms with E-state index in [1.807, 2.05) is 31.2 Å². The van der Waals surface area contributed by atoms with Crippen LogP contribution in [0.1, 0.15) is 11.1 Å². The van der Waals surface area contributed by atoms with E-state index >= 15 is 0 Å². The van der Waals surface area contributed by atoms with Crippen LogP contribution in [0.25, 0.3) is 0 Å². The van der Waals surface area contributed by atoms with E-state index in [0.717, 1.165) is 11.1 Å². The fourth-order valence-electron chi connectivity index (χ4n) is 3.81. The minimum absolute atomic E-state index is 0.0377. The molecule has 0 aromatic heterocycles. The predicted octanol–water partition coefficient (Wildman–Crippen LogP) is 3.91. The van der Waals surface area contributed by atoms with Gasteiger partial charge in [-0.25, -0.2) is 13.2 Å². The third-order valence-corrected chi connectivity index (χ3v) is 7.68. The molecule has 5 nitrogen and oxygen atoms in total. The zero-order valence-corrected chi connectivity index (χ0v) is 16.9. The molecule has 2 fully saturated rings. The number of fused-ring (bicyclic) bond motifs is 1. The second-order valence-corrected chi connectivity index (χ2v) is 9.99. The van der Waals surface area contributed by atoms with Crippen molar-refractivity contribution < 1.29 is 13.2 Å². The van der Waals surface area contributed by atoms with Crippen LogP contribution in [-0.4, -0.2) is 42.9 Å². The zero-order valence-electron chi connectivity index (χ0n) is 14.6. The Morgan fingerprint density at radius 3 is 2.44 bits per heavy atom. The van der Waals surface area contributed by atoms with Gasteiger partial charge in [0.05, 0.1) is 23.6 Å². The molecule has 0 radical (unpaired) electrons. The average molecular weight is 425 g/mol. The number of urea groups is 1. The maximum absolute atomic E-state index is 13.2. The lowest BCUT2D eigenvalue weighted by molar-refractivity contribution is 0.206. The molecule has 0 aliphatic carbocycles. The molecule has 2 aliphatic heterocycles. The molecule has 142 valence electrons. The number of benzene rings is 2. The Morgan fingerprint density at radius 2 is 1.74 bits per heavy atom. The molecule has 4 rings (SSSR count). The van der Waals surface area contributed by atoms with E-state index in [4.69, 9.17) is 23.2 Å². The lowest BCUT2D eigenvalue weighted by atomic mass is 10.1. The Labute approximate surface area is 168 Å². The Balaban J connectivity index is 1.74. The number of sulfone groups is 1. The first kappa shape index (κ1) is 18.6. The topological polar surface area (TPSA) is 57.7 Å². The molecule has 0 unspecified atom stereocenters. The highest BCUT2D eigenvalue weighted by Crippen LogP contribution is 2.37. The SMILES string of the molecule is Cc1ccc(N2C(=O)N(Cc3ccccc3Cl)[C@H]3CS(=O)(=O)C[C@@H]32)cc1Cl. The van der Waals surface area contributed by atoms with Crippen molar-refractivity contribution in [1.82, 2.24) is 4.90 Å². The van der Waals surface area contributed by atoms with Crippen molar-refractivity contribution in [3.05, 3.63) is 63.6 Å². The van der Waals surface area contributed by atoms with Gasteiger partial charge in [0.1, 0.15) is 0 Å². The molecule has 2 saturated heterocycles. The number of aryl methyl sites for hydroxylation is 1. The van der Waals surface area contributed by atoms with Gasteiger partial charge in [-0.15, -0.1) is 0 Å². The first-order chi connectivity index (χ1) is 12.8. The maximum atomic E-state index is 13.2. The quantitative estimate of drug-likeness (QED) is 0.701. The van der Waals surface area contributed by atoms with Crippen molar-refractivity contribution in [2.75, 3.05) is 16.4 Å². The fraction of sp³-hybridized carbons (Fsp3) is 0.316. The van der Waals surface area contributed by atoms with E-state index in [0.29, 0.717) is 15.7 Å². The van der Waals surface area contributed by atoms with Crippen molar-refractivity contribution in [2.45, 2.75) is 25.6 Å². The molecule has 8 heteroatoms. The van der Waals surface area contributed by atoms with Gasteiger partial charge < -0.3 is 4.90 Å².